The van der Waals surface area contributed by atoms with E-state index in [1.807, 2.05) is 0 Å². The van der Waals surface area contributed by atoms with E-state index >= 15 is 0 Å². The molecular formula is C14H29ClN2. The summed E-state index contributed by atoms with van der Waals surface area (Å²) >= 11 is 0. The highest BCUT2D eigenvalue weighted by molar-refractivity contribution is 5.85. The molecule has 0 bridgehead atoms. The van der Waals surface area contributed by atoms with Crippen LogP contribution in [0.25, 0.3) is 0 Å². The zero-order valence-corrected chi connectivity index (χ0v) is 12.1. The molecule has 2 saturated heterocycles. The van der Waals surface area contributed by atoms with Gasteiger partial charge in [-0.25, -0.2) is 0 Å². The summed E-state index contributed by atoms with van der Waals surface area (Å²) in [5, 5.41) is 3.46. The fourth-order valence-corrected chi connectivity index (χ4v) is 3.22. The Kier molecular flexibility index (Phi) is 7.49. The number of hydrogen-bond acceptors (Lipinski definition) is 2. The number of nitrogens with zero attached hydrogens (tertiary/aromatic N) is 1. The molecule has 2 aliphatic rings. The SMILES string of the molecule is CCC1CCCN(CCC2CCNCC2)C1.Cl. The second-order valence-corrected chi connectivity index (χ2v) is 5.70. The maximum Gasteiger partial charge on any atom is 0.000956 e. The molecule has 0 aliphatic carbocycles. The Morgan fingerprint density at radius 2 is 1.88 bits per heavy atom. The Morgan fingerprint density at radius 1 is 1.12 bits per heavy atom. The first kappa shape index (κ1) is 15.3. The van der Waals surface area contributed by atoms with Gasteiger partial charge < -0.3 is 10.2 Å². The van der Waals surface area contributed by atoms with Crippen molar-refractivity contribution >= 4 is 12.4 Å². The largest absolute Gasteiger partial charge is 0.317 e. The Balaban J connectivity index is 0.00000144. The molecule has 1 N–H and O–H groups in total. The third kappa shape index (κ3) is 5.15. The Labute approximate surface area is 113 Å². The molecule has 3 heteroatoms. The lowest BCUT2D eigenvalue weighted by Gasteiger charge is -2.33. The zero-order valence-electron chi connectivity index (χ0n) is 11.3. The smallest absolute Gasteiger partial charge is 0.000956 e. The minimum atomic E-state index is 0. The Bertz CT molecular complexity index is 193. The fourth-order valence-electron chi connectivity index (χ4n) is 3.22. The third-order valence-electron chi connectivity index (χ3n) is 4.49. The normalized spacial score (nSPS) is 27.7. The molecule has 0 amide bonds. The molecule has 102 valence electrons. The van der Waals surface area contributed by atoms with Gasteiger partial charge in [0.1, 0.15) is 0 Å². The predicted molar refractivity (Wildman–Crippen MR) is 76.9 cm³/mol. The van der Waals surface area contributed by atoms with Crippen molar-refractivity contribution < 1.29 is 0 Å². The Morgan fingerprint density at radius 3 is 2.59 bits per heavy atom. The molecule has 2 nitrogen and oxygen atoms in total. The van der Waals surface area contributed by atoms with Gasteiger partial charge in [-0.05, 0) is 70.1 Å². The van der Waals surface area contributed by atoms with Crippen LogP contribution in [-0.4, -0.2) is 37.6 Å². The molecule has 1 unspecified atom stereocenters. The van der Waals surface area contributed by atoms with E-state index in [9.17, 15) is 0 Å². The lowest BCUT2D eigenvalue weighted by molar-refractivity contribution is 0.157. The molecule has 2 fully saturated rings. The number of nitrogens with one attached hydrogen (secondary N) is 1. The van der Waals surface area contributed by atoms with Gasteiger partial charge in [0.25, 0.3) is 0 Å². The van der Waals surface area contributed by atoms with Crippen LogP contribution in [0.1, 0.15) is 45.4 Å². The van der Waals surface area contributed by atoms with Crippen molar-refractivity contribution in [2.75, 3.05) is 32.7 Å². The maximum absolute atomic E-state index is 3.46. The fraction of sp³-hybridized carbons (Fsp3) is 1.00. The van der Waals surface area contributed by atoms with E-state index in [4.69, 9.17) is 0 Å². The van der Waals surface area contributed by atoms with E-state index in [2.05, 4.69) is 17.1 Å². The average molecular weight is 261 g/mol. The van der Waals surface area contributed by atoms with Gasteiger partial charge in [-0.2, -0.15) is 0 Å². The van der Waals surface area contributed by atoms with Crippen molar-refractivity contribution in [3.8, 4) is 0 Å². The monoisotopic (exact) mass is 260 g/mol. The highest BCUT2D eigenvalue weighted by Crippen LogP contribution is 2.21. The van der Waals surface area contributed by atoms with Crippen LogP contribution < -0.4 is 5.32 Å². The van der Waals surface area contributed by atoms with Crippen molar-refractivity contribution in [1.82, 2.24) is 10.2 Å². The van der Waals surface area contributed by atoms with Gasteiger partial charge in [-0.15, -0.1) is 12.4 Å². The molecule has 1 atom stereocenters. The van der Waals surface area contributed by atoms with Crippen molar-refractivity contribution in [1.29, 1.82) is 0 Å². The molecule has 2 rings (SSSR count). The minimum Gasteiger partial charge on any atom is -0.317 e. The number of hydrogen-bond donors (Lipinski definition) is 1. The van der Waals surface area contributed by atoms with Gasteiger partial charge in [-0.1, -0.05) is 13.3 Å². The standard InChI is InChI=1S/C14H28N2.ClH/c1-2-13-4-3-10-16(12-13)11-7-14-5-8-15-9-6-14;/h13-15H,2-12H2,1H3;1H. The summed E-state index contributed by atoms with van der Waals surface area (Å²) in [7, 11) is 0. The number of likely N-dealkylation sites (tertiary alicyclic amines) is 1. The van der Waals surface area contributed by atoms with Crippen LogP contribution >= 0.6 is 12.4 Å². The average Bonchev–Trinajstić information content (AvgIpc) is 2.38. The van der Waals surface area contributed by atoms with E-state index in [0.29, 0.717) is 0 Å². The highest BCUT2D eigenvalue weighted by atomic mass is 35.5. The number of rotatable bonds is 4. The van der Waals surface area contributed by atoms with Crippen molar-refractivity contribution in [2.24, 2.45) is 11.8 Å². The van der Waals surface area contributed by atoms with Gasteiger partial charge >= 0.3 is 0 Å². The molecule has 0 radical (unpaired) electrons. The van der Waals surface area contributed by atoms with Crippen LogP contribution in [0.3, 0.4) is 0 Å². The van der Waals surface area contributed by atoms with E-state index in [-0.39, 0.29) is 12.4 Å². The molecule has 2 aliphatic heterocycles. The summed E-state index contributed by atoms with van der Waals surface area (Å²) in [4.78, 5) is 2.72. The molecule has 0 aromatic heterocycles. The van der Waals surface area contributed by atoms with Crippen molar-refractivity contribution in [3.63, 3.8) is 0 Å². The van der Waals surface area contributed by atoms with E-state index < -0.39 is 0 Å². The molecule has 17 heavy (non-hydrogen) atoms. The van der Waals surface area contributed by atoms with Gasteiger partial charge in [0, 0.05) is 6.54 Å². The third-order valence-corrected chi connectivity index (χ3v) is 4.49. The van der Waals surface area contributed by atoms with E-state index in [1.54, 1.807) is 0 Å². The molecule has 0 spiro atoms. The number of piperidine rings is 2. The van der Waals surface area contributed by atoms with Gasteiger partial charge in [0.05, 0.1) is 0 Å². The lowest BCUT2D eigenvalue weighted by atomic mass is 9.92. The first-order chi connectivity index (χ1) is 7.88. The first-order valence-corrected chi connectivity index (χ1v) is 7.31. The molecule has 0 aromatic rings. The summed E-state index contributed by atoms with van der Waals surface area (Å²) in [5.41, 5.74) is 0. The summed E-state index contributed by atoms with van der Waals surface area (Å²) < 4.78 is 0. The number of halogens is 1. The van der Waals surface area contributed by atoms with Gasteiger partial charge in [-0.3, -0.25) is 0 Å². The van der Waals surface area contributed by atoms with E-state index in [1.165, 1.54) is 71.2 Å². The van der Waals surface area contributed by atoms with Crippen molar-refractivity contribution in [3.05, 3.63) is 0 Å². The predicted octanol–water partition coefficient (Wildman–Crippen LogP) is 2.92. The second kappa shape index (κ2) is 8.34. The zero-order chi connectivity index (χ0) is 11.2. The van der Waals surface area contributed by atoms with Crippen molar-refractivity contribution in [2.45, 2.75) is 45.4 Å². The lowest BCUT2D eigenvalue weighted by Crippen LogP contribution is -2.37. The van der Waals surface area contributed by atoms with Crippen LogP contribution in [0.5, 0.6) is 0 Å². The molecule has 0 aromatic carbocycles. The second-order valence-electron chi connectivity index (χ2n) is 5.70. The highest BCUT2D eigenvalue weighted by Gasteiger charge is 2.20. The molecule has 0 saturated carbocycles. The summed E-state index contributed by atoms with van der Waals surface area (Å²) in [6, 6.07) is 0. The Hall–Kier alpha value is 0.210. The summed E-state index contributed by atoms with van der Waals surface area (Å²) in [5.74, 6) is 1.99. The summed E-state index contributed by atoms with van der Waals surface area (Å²) in [6.45, 7) is 8.95. The van der Waals surface area contributed by atoms with Crippen LogP contribution in [0.15, 0.2) is 0 Å². The van der Waals surface area contributed by atoms with E-state index in [0.717, 1.165) is 11.8 Å². The van der Waals surface area contributed by atoms with Crippen LogP contribution in [0, 0.1) is 11.8 Å². The van der Waals surface area contributed by atoms with Crippen LogP contribution in [-0.2, 0) is 0 Å². The first-order valence-electron chi connectivity index (χ1n) is 7.31. The minimum absolute atomic E-state index is 0. The van der Waals surface area contributed by atoms with Crippen LogP contribution in [0.4, 0.5) is 0 Å². The summed E-state index contributed by atoms with van der Waals surface area (Å²) in [6.07, 6.45) is 8.54. The van der Waals surface area contributed by atoms with Gasteiger partial charge in [0.15, 0.2) is 0 Å². The molecular weight excluding hydrogens is 232 g/mol. The maximum atomic E-state index is 3.46. The quantitative estimate of drug-likeness (QED) is 0.836. The van der Waals surface area contributed by atoms with Gasteiger partial charge in [0.2, 0.25) is 0 Å². The topological polar surface area (TPSA) is 15.3 Å². The molecule has 2 heterocycles. The van der Waals surface area contributed by atoms with Crippen LogP contribution in [0.2, 0.25) is 0 Å².